The average Bonchev–Trinajstić information content (AvgIpc) is 3.29. The van der Waals surface area contributed by atoms with Gasteiger partial charge in [0, 0.05) is 18.1 Å². The molecule has 0 aliphatic carbocycles. The number of thiazole rings is 1. The Kier molecular flexibility index (Phi) is 7.39. The Morgan fingerprint density at radius 3 is 2.70 bits per heavy atom. The first kappa shape index (κ1) is 20.9. The van der Waals surface area contributed by atoms with Gasteiger partial charge in [0.25, 0.3) is 10.0 Å². The van der Waals surface area contributed by atoms with E-state index in [1.807, 2.05) is 25.7 Å². The van der Waals surface area contributed by atoms with Crippen molar-refractivity contribution in [3.8, 4) is 0 Å². The van der Waals surface area contributed by atoms with Gasteiger partial charge in [-0.3, -0.25) is 9.29 Å². The summed E-state index contributed by atoms with van der Waals surface area (Å²) in [6.07, 6.45) is 14.0. The van der Waals surface area contributed by atoms with Gasteiger partial charge in [0.1, 0.15) is 0 Å². The molecule has 139 valence electrons. The molecule has 0 N–H and O–H groups in total. The maximum absolute atomic E-state index is 13.3. The Labute approximate surface area is 166 Å². The van der Waals surface area contributed by atoms with Gasteiger partial charge in [-0.15, -0.1) is 11.3 Å². The zero-order valence-electron chi connectivity index (χ0n) is 15.3. The zero-order valence-corrected chi connectivity index (χ0v) is 17.0. The fourth-order valence-corrected chi connectivity index (χ4v) is 4.79. The molecule has 1 aliphatic rings. The van der Waals surface area contributed by atoms with Crippen LogP contribution in [0.3, 0.4) is 0 Å². The van der Waals surface area contributed by atoms with Crippen LogP contribution in [0.25, 0.3) is 0 Å². The predicted octanol–water partition coefficient (Wildman–Crippen LogP) is 3.66. The SMILES string of the molecule is C=C/C=C([B]c1nccs1)\C=C(/C=C)S(=O)(=O)N1CCC(C=C)=C1/C=C\C. The molecule has 0 amide bonds. The zero-order chi connectivity index (χ0) is 19.9. The number of rotatable bonds is 9. The Morgan fingerprint density at radius 2 is 2.15 bits per heavy atom. The maximum Gasteiger partial charge on any atom is 0.264 e. The van der Waals surface area contributed by atoms with Crippen molar-refractivity contribution in [3.05, 3.63) is 95.5 Å². The lowest BCUT2D eigenvalue weighted by Crippen LogP contribution is -2.28. The highest BCUT2D eigenvalue weighted by Crippen LogP contribution is 2.31. The summed E-state index contributed by atoms with van der Waals surface area (Å²) < 4.78 is 27.9. The van der Waals surface area contributed by atoms with Crippen molar-refractivity contribution in [2.75, 3.05) is 6.54 Å². The second kappa shape index (κ2) is 9.53. The van der Waals surface area contributed by atoms with Crippen LogP contribution in [-0.2, 0) is 10.0 Å². The van der Waals surface area contributed by atoms with E-state index in [0.717, 1.165) is 10.5 Å². The highest BCUT2D eigenvalue weighted by molar-refractivity contribution is 7.93. The summed E-state index contributed by atoms with van der Waals surface area (Å²) >= 11 is 1.47. The number of nitrogens with zero attached hydrogens (tertiary/aromatic N) is 2. The van der Waals surface area contributed by atoms with Gasteiger partial charge in [0.05, 0.1) is 15.5 Å². The average molecular weight is 397 g/mol. The van der Waals surface area contributed by atoms with E-state index in [1.54, 1.807) is 36.6 Å². The van der Waals surface area contributed by atoms with E-state index in [0.29, 0.717) is 24.1 Å². The third-order valence-corrected chi connectivity index (χ3v) is 6.47. The fourth-order valence-electron chi connectivity index (χ4n) is 2.69. The first-order valence-corrected chi connectivity index (χ1v) is 10.7. The molecule has 2 rings (SSSR count). The lowest BCUT2D eigenvalue weighted by atomic mass is 9.70. The van der Waals surface area contributed by atoms with Crippen LogP contribution in [0.1, 0.15) is 13.3 Å². The normalized spacial score (nSPS) is 16.1. The van der Waals surface area contributed by atoms with Crippen LogP contribution < -0.4 is 4.91 Å². The van der Waals surface area contributed by atoms with Crippen LogP contribution >= 0.6 is 11.3 Å². The van der Waals surface area contributed by atoms with Gasteiger partial charge in [-0.25, -0.2) is 8.42 Å². The van der Waals surface area contributed by atoms with Gasteiger partial charge >= 0.3 is 0 Å². The molecule has 2 heterocycles. The Bertz CT molecular complexity index is 937. The number of sulfonamides is 1. The minimum Gasteiger partial charge on any atom is -0.266 e. The van der Waals surface area contributed by atoms with E-state index in [4.69, 9.17) is 0 Å². The first-order valence-electron chi connectivity index (χ1n) is 8.40. The van der Waals surface area contributed by atoms with Crippen LogP contribution in [-0.4, -0.2) is 31.5 Å². The quantitative estimate of drug-likeness (QED) is 0.472. The lowest BCUT2D eigenvalue weighted by Gasteiger charge is -2.21. The third kappa shape index (κ3) is 4.87. The van der Waals surface area contributed by atoms with E-state index in [1.165, 1.54) is 21.7 Å². The molecule has 0 spiro atoms. The van der Waals surface area contributed by atoms with E-state index in [9.17, 15) is 8.42 Å². The molecule has 27 heavy (non-hydrogen) atoms. The van der Waals surface area contributed by atoms with E-state index >= 15 is 0 Å². The standard InChI is InChI=1S/C20H22BN2O2S2/c1-5-9-17(21-20-22-12-14-26-20)15-18(8-4)27(24,25)23-13-11-16(7-3)19(23)10-6-2/h5-10,12,14-15H,1,3-4,11,13H2,2H3/b10-6-,17-9+,18-15+. The van der Waals surface area contributed by atoms with Gasteiger partial charge in [0.15, 0.2) is 0 Å². The molecule has 1 aromatic heterocycles. The van der Waals surface area contributed by atoms with E-state index in [-0.39, 0.29) is 4.91 Å². The number of aromatic nitrogens is 1. The molecule has 0 bridgehead atoms. The summed E-state index contributed by atoms with van der Waals surface area (Å²) in [6, 6.07) is 0. The molecule has 0 unspecified atom stereocenters. The van der Waals surface area contributed by atoms with Crippen molar-refractivity contribution in [2.24, 2.45) is 0 Å². The minimum absolute atomic E-state index is 0.121. The molecule has 1 aromatic rings. The minimum atomic E-state index is -3.75. The topological polar surface area (TPSA) is 50.3 Å². The summed E-state index contributed by atoms with van der Waals surface area (Å²) in [4.78, 5) is 5.12. The molecule has 0 fully saturated rings. The van der Waals surface area contributed by atoms with Crippen molar-refractivity contribution in [1.82, 2.24) is 9.29 Å². The number of allylic oxidation sites excluding steroid dienone is 8. The number of hydrogen-bond acceptors (Lipinski definition) is 4. The smallest absolute Gasteiger partial charge is 0.264 e. The summed E-state index contributed by atoms with van der Waals surface area (Å²) in [5, 5.41) is 1.86. The molecule has 7 heteroatoms. The molecule has 0 atom stereocenters. The van der Waals surface area contributed by atoms with Crippen molar-refractivity contribution in [3.63, 3.8) is 0 Å². The van der Waals surface area contributed by atoms with Crippen LogP contribution in [0.4, 0.5) is 0 Å². The fraction of sp³-hybridized carbons (Fsp3) is 0.150. The largest absolute Gasteiger partial charge is 0.266 e. The Balaban J connectivity index is 2.44. The van der Waals surface area contributed by atoms with E-state index in [2.05, 4.69) is 24.7 Å². The Morgan fingerprint density at radius 1 is 1.37 bits per heavy atom. The van der Waals surface area contributed by atoms with Crippen LogP contribution in [0, 0.1) is 0 Å². The molecule has 1 radical (unpaired) electrons. The molecule has 0 saturated heterocycles. The first-order chi connectivity index (χ1) is 13.0. The van der Waals surface area contributed by atoms with Gasteiger partial charge < -0.3 is 0 Å². The van der Waals surface area contributed by atoms with Crippen molar-refractivity contribution >= 4 is 33.5 Å². The third-order valence-electron chi connectivity index (χ3n) is 3.90. The van der Waals surface area contributed by atoms with Crippen LogP contribution in [0.15, 0.2) is 95.5 Å². The molecular formula is C20H22BN2O2S2. The lowest BCUT2D eigenvalue weighted by molar-refractivity contribution is 0.513. The van der Waals surface area contributed by atoms with Gasteiger partial charge in [0.2, 0.25) is 7.28 Å². The van der Waals surface area contributed by atoms with Gasteiger partial charge in [-0.2, -0.15) is 0 Å². The molecule has 1 aliphatic heterocycles. The van der Waals surface area contributed by atoms with Crippen LogP contribution in [0.5, 0.6) is 0 Å². The van der Waals surface area contributed by atoms with Crippen LogP contribution in [0.2, 0.25) is 0 Å². The molecular weight excluding hydrogens is 375 g/mol. The summed E-state index contributed by atoms with van der Waals surface area (Å²) in [5.41, 5.74) is 2.24. The summed E-state index contributed by atoms with van der Waals surface area (Å²) in [5.74, 6) is 0. The van der Waals surface area contributed by atoms with Crippen molar-refractivity contribution < 1.29 is 8.42 Å². The Hall–Kier alpha value is -2.38. The van der Waals surface area contributed by atoms with Gasteiger partial charge in [-0.1, -0.05) is 49.5 Å². The summed E-state index contributed by atoms with van der Waals surface area (Å²) in [6.45, 7) is 13.4. The highest BCUT2D eigenvalue weighted by Gasteiger charge is 2.31. The van der Waals surface area contributed by atoms with E-state index < -0.39 is 10.0 Å². The second-order valence-corrected chi connectivity index (χ2v) is 8.40. The predicted molar refractivity (Wildman–Crippen MR) is 116 cm³/mol. The van der Waals surface area contributed by atoms with Crippen molar-refractivity contribution in [2.45, 2.75) is 13.3 Å². The maximum atomic E-state index is 13.3. The molecule has 0 aromatic carbocycles. The molecule has 0 saturated carbocycles. The summed E-state index contributed by atoms with van der Waals surface area (Å²) in [7, 11) is -1.94. The van der Waals surface area contributed by atoms with Crippen molar-refractivity contribution in [1.29, 1.82) is 0 Å². The second-order valence-electron chi connectivity index (χ2n) is 5.61. The highest BCUT2D eigenvalue weighted by atomic mass is 32.2. The molecule has 4 nitrogen and oxygen atoms in total. The number of hydrogen-bond donors (Lipinski definition) is 0. The van der Waals surface area contributed by atoms with Gasteiger partial charge in [-0.05, 0) is 37.1 Å². The monoisotopic (exact) mass is 397 g/mol.